The number of pyridine rings is 1. The fraction of sp³-hybridized carbons (Fsp3) is 0.222. The average Bonchev–Trinajstić information content (AvgIpc) is 2.99. The Morgan fingerprint density at radius 3 is 2.87 bits per heavy atom. The van der Waals surface area contributed by atoms with Gasteiger partial charge in [-0.2, -0.15) is 0 Å². The van der Waals surface area contributed by atoms with Gasteiger partial charge < -0.3 is 14.8 Å². The molecule has 1 atom stereocenters. The fourth-order valence-electron chi connectivity index (χ4n) is 2.38. The summed E-state index contributed by atoms with van der Waals surface area (Å²) < 4.78 is 5.43. The number of aromatic nitrogens is 1. The molecule has 0 aliphatic carbocycles. The summed E-state index contributed by atoms with van der Waals surface area (Å²) in [5.74, 6) is 0.894. The molecule has 5 heteroatoms. The number of benzene rings is 1. The van der Waals surface area contributed by atoms with Crippen molar-refractivity contribution >= 4 is 16.8 Å². The molecule has 3 aromatic rings. The third-order valence-electron chi connectivity index (χ3n) is 3.73. The monoisotopic (exact) mass is 310 g/mol. The van der Waals surface area contributed by atoms with Gasteiger partial charge in [0.25, 0.3) is 5.91 Å². The van der Waals surface area contributed by atoms with Crippen LogP contribution in [0.4, 0.5) is 0 Å². The van der Waals surface area contributed by atoms with Crippen molar-refractivity contribution in [1.82, 2.24) is 10.3 Å². The van der Waals surface area contributed by atoms with Crippen LogP contribution in [0.25, 0.3) is 10.9 Å². The summed E-state index contributed by atoms with van der Waals surface area (Å²) in [5, 5.41) is 14.1. The van der Waals surface area contributed by atoms with Crippen LogP contribution in [0.15, 0.2) is 53.1 Å². The Morgan fingerprint density at radius 1 is 1.30 bits per heavy atom. The Bertz CT molecular complexity index is 852. The Balaban J connectivity index is 1.73. The van der Waals surface area contributed by atoms with Gasteiger partial charge in [0.15, 0.2) is 0 Å². The van der Waals surface area contributed by atoms with Crippen LogP contribution in [-0.2, 0) is 5.60 Å². The molecule has 1 unspecified atom stereocenters. The Labute approximate surface area is 134 Å². The molecule has 0 bridgehead atoms. The second kappa shape index (κ2) is 5.85. The number of hydrogen-bond acceptors (Lipinski definition) is 4. The summed E-state index contributed by atoms with van der Waals surface area (Å²) >= 11 is 0. The second-order valence-corrected chi connectivity index (χ2v) is 5.78. The van der Waals surface area contributed by atoms with E-state index in [1.807, 2.05) is 12.1 Å². The van der Waals surface area contributed by atoms with E-state index < -0.39 is 5.60 Å². The molecule has 3 rings (SSSR count). The van der Waals surface area contributed by atoms with E-state index in [9.17, 15) is 9.90 Å². The molecule has 118 valence electrons. The van der Waals surface area contributed by atoms with E-state index in [4.69, 9.17) is 4.42 Å². The van der Waals surface area contributed by atoms with Crippen LogP contribution in [0.1, 0.15) is 28.8 Å². The van der Waals surface area contributed by atoms with E-state index in [1.54, 1.807) is 50.4 Å². The molecule has 0 saturated carbocycles. The summed E-state index contributed by atoms with van der Waals surface area (Å²) in [6, 6.07) is 12.5. The van der Waals surface area contributed by atoms with Gasteiger partial charge in [0.2, 0.25) is 0 Å². The summed E-state index contributed by atoms with van der Waals surface area (Å²) in [7, 11) is 0. The minimum Gasteiger partial charge on any atom is -0.463 e. The molecule has 2 heterocycles. The molecule has 0 aliphatic rings. The van der Waals surface area contributed by atoms with E-state index in [-0.39, 0.29) is 12.5 Å². The van der Waals surface area contributed by atoms with Gasteiger partial charge in [-0.05, 0) is 50.2 Å². The van der Waals surface area contributed by atoms with Crippen molar-refractivity contribution in [3.63, 3.8) is 0 Å². The normalized spacial score (nSPS) is 13.7. The smallest absolute Gasteiger partial charge is 0.251 e. The standard InChI is InChI=1S/C18H18N2O3/c1-12-5-8-16(23-12)18(2,22)11-20-17(21)14-6-7-15-13(10-14)4-3-9-19-15/h3-10,22H,11H2,1-2H3,(H,20,21). The van der Waals surface area contributed by atoms with Crippen molar-refractivity contribution in [2.75, 3.05) is 6.54 Å². The number of carbonyl (C=O) groups is 1. The first-order valence-corrected chi connectivity index (χ1v) is 7.38. The lowest BCUT2D eigenvalue weighted by atomic mass is 10.0. The first kappa shape index (κ1) is 15.2. The molecule has 0 saturated heterocycles. The number of aryl methyl sites for hydroxylation is 1. The number of aliphatic hydroxyl groups is 1. The van der Waals surface area contributed by atoms with E-state index in [0.717, 1.165) is 10.9 Å². The summed E-state index contributed by atoms with van der Waals surface area (Å²) in [6.07, 6.45) is 1.71. The third kappa shape index (κ3) is 3.24. The highest BCUT2D eigenvalue weighted by Gasteiger charge is 2.27. The molecule has 0 radical (unpaired) electrons. The lowest BCUT2D eigenvalue weighted by molar-refractivity contribution is 0.0323. The lowest BCUT2D eigenvalue weighted by Crippen LogP contribution is -2.38. The molecule has 2 aromatic heterocycles. The first-order valence-electron chi connectivity index (χ1n) is 7.38. The minimum atomic E-state index is -1.26. The zero-order valence-electron chi connectivity index (χ0n) is 13.0. The van der Waals surface area contributed by atoms with Crippen LogP contribution in [0.3, 0.4) is 0 Å². The van der Waals surface area contributed by atoms with Crippen LogP contribution >= 0.6 is 0 Å². The van der Waals surface area contributed by atoms with Gasteiger partial charge in [0.1, 0.15) is 17.1 Å². The molecular formula is C18H18N2O3. The zero-order chi connectivity index (χ0) is 16.4. The fourth-order valence-corrected chi connectivity index (χ4v) is 2.38. The zero-order valence-corrected chi connectivity index (χ0v) is 13.0. The number of furan rings is 1. The molecule has 1 aromatic carbocycles. The van der Waals surface area contributed by atoms with Gasteiger partial charge in [-0.15, -0.1) is 0 Å². The van der Waals surface area contributed by atoms with Crippen molar-refractivity contribution in [3.8, 4) is 0 Å². The largest absolute Gasteiger partial charge is 0.463 e. The SMILES string of the molecule is Cc1ccc(C(C)(O)CNC(=O)c2ccc3ncccc3c2)o1. The molecule has 23 heavy (non-hydrogen) atoms. The molecule has 0 aliphatic heterocycles. The van der Waals surface area contributed by atoms with E-state index >= 15 is 0 Å². The molecule has 0 fully saturated rings. The third-order valence-corrected chi connectivity index (χ3v) is 3.73. The Hall–Kier alpha value is -2.66. The maximum absolute atomic E-state index is 12.3. The summed E-state index contributed by atoms with van der Waals surface area (Å²) in [4.78, 5) is 16.5. The van der Waals surface area contributed by atoms with Crippen molar-refractivity contribution in [2.45, 2.75) is 19.4 Å². The highest BCUT2D eigenvalue weighted by molar-refractivity contribution is 5.97. The van der Waals surface area contributed by atoms with Crippen molar-refractivity contribution in [1.29, 1.82) is 0 Å². The maximum atomic E-state index is 12.3. The molecule has 1 amide bonds. The number of rotatable bonds is 4. The van der Waals surface area contributed by atoms with E-state index in [0.29, 0.717) is 17.1 Å². The van der Waals surface area contributed by atoms with Crippen LogP contribution in [0.5, 0.6) is 0 Å². The van der Waals surface area contributed by atoms with Crippen LogP contribution < -0.4 is 5.32 Å². The van der Waals surface area contributed by atoms with Gasteiger partial charge in [0.05, 0.1) is 12.1 Å². The van der Waals surface area contributed by atoms with Crippen molar-refractivity contribution in [3.05, 3.63) is 65.7 Å². The topological polar surface area (TPSA) is 75.4 Å². The molecule has 5 nitrogen and oxygen atoms in total. The van der Waals surface area contributed by atoms with Gasteiger partial charge in [0, 0.05) is 17.1 Å². The average molecular weight is 310 g/mol. The van der Waals surface area contributed by atoms with Gasteiger partial charge in [-0.25, -0.2) is 0 Å². The predicted octanol–water partition coefficient (Wildman–Crippen LogP) is 2.77. The minimum absolute atomic E-state index is 0.0594. The Morgan fingerprint density at radius 2 is 2.13 bits per heavy atom. The van der Waals surface area contributed by atoms with Gasteiger partial charge in [-0.1, -0.05) is 6.07 Å². The number of fused-ring (bicyclic) bond motifs is 1. The van der Waals surface area contributed by atoms with E-state index in [2.05, 4.69) is 10.3 Å². The predicted molar refractivity (Wildman–Crippen MR) is 87.1 cm³/mol. The van der Waals surface area contributed by atoms with Crippen LogP contribution in [0.2, 0.25) is 0 Å². The highest BCUT2D eigenvalue weighted by atomic mass is 16.4. The van der Waals surface area contributed by atoms with E-state index in [1.165, 1.54) is 0 Å². The number of carbonyl (C=O) groups excluding carboxylic acids is 1. The maximum Gasteiger partial charge on any atom is 0.251 e. The number of nitrogens with one attached hydrogen (secondary N) is 1. The van der Waals surface area contributed by atoms with Crippen LogP contribution in [0, 0.1) is 6.92 Å². The van der Waals surface area contributed by atoms with Crippen molar-refractivity contribution in [2.24, 2.45) is 0 Å². The number of nitrogens with zero attached hydrogens (tertiary/aromatic N) is 1. The van der Waals surface area contributed by atoms with Crippen molar-refractivity contribution < 1.29 is 14.3 Å². The molecule has 0 spiro atoms. The van der Waals surface area contributed by atoms with Gasteiger partial charge >= 0.3 is 0 Å². The second-order valence-electron chi connectivity index (χ2n) is 5.78. The quantitative estimate of drug-likeness (QED) is 0.777. The number of amides is 1. The summed E-state index contributed by atoms with van der Waals surface area (Å²) in [6.45, 7) is 3.47. The Kier molecular flexibility index (Phi) is 3.88. The first-order chi connectivity index (χ1) is 11.0. The van der Waals surface area contributed by atoms with Crippen LogP contribution in [-0.4, -0.2) is 22.5 Å². The molecular weight excluding hydrogens is 292 g/mol. The number of hydrogen-bond donors (Lipinski definition) is 2. The summed E-state index contributed by atoms with van der Waals surface area (Å²) in [5.41, 5.74) is 0.0986. The molecule has 2 N–H and O–H groups in total. The lowest BCUT2D eigenvalue weighted by Gasteiger charge is -2.21. The highest BCUT2D eigenvalue weighted by Crippen LogP contribution is 2.22. The van der Waals surface area contributed by atoms with Gasteiger partial charge in [-0.3, -0.25) is 9.78 Å².